The molecule has 6 nitrogen and oxygen atoms in total. The number of thioether (sulfide) groups is 1. The zero-order valence-electron chi connectivity index (χ0n) is 13.4. The average Bonchev–Trinajstić information content (AvgIpc) is 2.91. The Bertz CT molecular complexity index is 628. The highest BCUT2D eigenvalue weighted by atomic mass is 32.2. The topological polar surface area (TPSA) is 63.9 Å². The van der Waals surface area contributed by atoms with Gasteiger partial charge in [0.1, 0.15) is 0 Å². The minimum absolute atomic E-state index is 0.0596. The second-order valence-corrected chi connectivity index (χ2v) is 5.95. The maximum absolute atomic E-state index is 12.8. The van der Waals surface area contributed by atoms with Crippen LogP contribution >= 0.6 is 11.8 Å². The second kappa shape index (κ2) is 7.40. The van der Waals surface area contributed by atoms with Crippen LogP contribution in [0.1, 0.15) is 35.9 Å². The first-order valence-electron chi connectivity index (χ1n) is 7.21. The van der Waals surface area contributed by atoms with Crippen LogP contribution in [0.15, 0.2) is 24.7 Å². The molecule has 0 fully saturated rings. The minimum atomic E-state index is -0.0596. The van der Waals surface area contributed by atoms with Crippen molar-refractivity contribution in [3.63, 3.8) is 0 Å². The van der Waals surface area contributed by atoms with Gasteiger partial charge in [0.2, 0.25) is 0 Å². The van der Waals surface area contributed by atoms with Crippen molar-refractivity contribution < 1.29 is 4.79 Å². The van der Waals surface area contributed by atoms with Gasteiger partial charge in [0.25, 0.3) is 5.91 Å². The maximum Gasteiger partial charge on any atom is 0.261 e. The van der Waals surface area contributed by atoms with Crippen LogP contribution in [0, 0.1) is 6.92 Å². The monoisotopic (exact) mass is 319 g/mol. The molecule has 2 aromatic rings. The van der Waals surface area contributed by atoms with E-state index in [-0.39, 0.29) is 11.9 Å². The lowest BCUT2D eigenvalue weighted by atomic mass is 10.2. The first kappa shape index (κ1) is 16.5. The minimum Gasteiger partial charge on any atom is -0.307 e. The Morgan fingerprint density at radius 1 is 1.41 bits per heavy atom. The lowest BCUT2D eigenvalue weighted by Gasteiger charge is -2.20. The molecule has 2 heterocycles. The van der Waals surface area contributed by atoms with Gasteiger partial charge >= 0.3 is 0 Å². The molecule has 118 valence electrons. The number of hydrogen-bond acceptors (Lipinski definition) is 5. The van der Waals surface area contributed by atoms with E-state index >= 15 is 0 Å². The van der Waals surface area contributed by atoms with E-state index in [9.17, 15) is 4.79 Å². The number of aromatic nitrogens is 4. The number of hydrogen-bond donors (Lipinski definition) is 0. The maximum atomic E-state index is 12.8. The summed E-state index contributed by atoms with van der Waals surface area (Å²) in [6.45, 7) is 6.55. The van der Waals surface area contributed by atoms with Gasteiger partial charge in [-0.25, -0.2) is 0 Å². The van der Waals surface area contributed by atoms with Crippen LogP contribution in [-0.2, 0) is 0 Å². The van der Waals surface area contributed by atoms with Crippen LogP contribution in [-0.4, -0.2) is 44.4 Å². The molecule has 0 aliphatic rings. The molecule has 0 radical (unpaired) electrons. The summed E-state index contributed by atoms with van der Waals surface area (Å²) in [6.07, 6.45) is 6.90. The standard InChI is InChI=1S/C15H21N5OS/c1-5-19(13-6-7-16-17-8-13)15(21)14-9-18-20(12(14)3)11(2)10-22-4/h6-9,11H,5,10H2,1-4H3. The Morgan fingerprint density at radius 2 is 2.18 bits per heavy atom. The van der Waals surface area contributed by atoms with E-state index < -0.39 is 0 Å². The SMILES string of the molecule is CCN(C(=O)c1cnn(C(C)CSC)c1C)c1ccnnc1. The molecular weight excluding hydrogens is 298 g/mol. The third kappa shape index (κ3) is 3.30. The van der Waals surface area contributed by atoms with Gasteiger partial charge in [0, 0.05) is 18.0 Å². The van der Waals surface area contributed by atoms with E-state index in [1.165, 1.54) is 0 Å². The zero-order chi connectivity index (χ0) is 16.1. The van der Waals surface area contributed by atoms with Gasteiger partial charge in [-0.15, -0.1) is 0 Å². The van der Waals surface area contributed by atoms with Crippen molar-refractivity contribution >= 4 is 23.4 Å². The van der Waals surface area contributed by atoms with Gasteiger partial charge in [-0.2, -0.15) is 27.1 Å². The van der Waals surface area contributed by atoms with Crippen molar-refractivity contribution in [2.45, 2.75) is 26.8 Å². The highest BCUT2D eigenvalue weighted by Gasteiger charge is 2.22. The van der Waals surface area contributed by atoms with Gasteiger partial charge in [0.05, 0.1) is 35.9 Å². The molecule has 2 rings (SSSR count). The van der Waals surface area contributed by atoms with Crippen LogP contribution in [0.3, 0.4) is 0 Å². The van der Waals surface area contributed by atoms with Gasteiger partial charge in [-0.05, 0) is 33.1 Å². The van der Waals surface area contributed by atoms with Crippen molar-refractivity contribution in [2.75, 3.05) is 23.5 Å². The van der Waals surface area contributed by atoms with Gasteiger partial charge in [-0.3, -0.25) is 9.48 Å². The Kier molecular flexibility index (Phi) is 5.54. The smallest absolute Gasteiger partial charge is 0.261 e. The lowest BCUT2D eigenvalue weighted by molar-refractivity contribution is 0.0987. The first-order valence-corrected chi connectivity index (χ1v) is 8.61. The van der Waals surface area contributed by atoms with E-state index in [0.717, 1.165) is 17.1 Å². The molecule has 1 atom stereocenters. The Labute approximate surface area is 134 Å². The molecule has 7 heteroatoms. The molecular formula is C15H21N5OS. The molecule has 0 aromatic carbocycles. The number of carbonyl (C=O) groups excluding carboxylic acids is 1. The van der Waals surface area contributed by atoms with Crippen LogP contribution < -0.4 is 4.90 Å². The normalized spacial score (nSPS) is 12.2. The third-order valence-corrected chi connectivity index (χ3v) is 4.36. The summed E-state index contributed by atoms with van der Waals surface area (Å²) in [6, 6.07) is 2.04. The van der Waals surface area contributed by atoms with E-state index in [0.29, 0.717) is 12.1 Å². The molecule has 22 heavy (non-hydrogen) atoms. The molecule has 0 aliphatic carbocycles. The number of nitrogens with zero attached hydrogens (tertiary/aromatic N) is 5. The second-order valence-electron chi connectivity index (χ2n) is 5.04. The van der Waals surface area contributed by atoms with Crippen LogP contribution in [0.5, 0.6) is 0 Å². The van der Waals surface area contributed by atoms with Crippen molar-refractivity contribution in [2.24, 2.45) is 0 Å². The fourth-order valence-electron chi connectivity index (χ4n) is 2.42. The summed E-state index contributed by atoms with van der Waals surface area (Å²) < 4.78 is 1.92. The number of carbonyl (C=O) groups is 1. The highest BCUT2D eigenvalue weighted by molar-refractivity contribution is 7.98. The third-order valence-electron chi connectivity index (χ3n) is 3.54. The molecule has 0 N–H and O–H groups in total. The fourth-order valence-corrected chi connectivity index (χ4v) is 3.05. The molecule has 0 saturated heterocycles. The molecule has 0 saturated carbocycles. The molecule has 1 unspecified atom stereocenters. The Hall–Kier alpha value is -1.89. The van der Waals surface area contributed by atoms with Gasteiger partial charge in [-0.1, -0.05) is 0 Å². The van der Waals surface area contributed by atoms with E-state index in [1.54, 1.807) is 41.3 Å². The summed E-state index contributed by atoms with van der Waals surface area (Å²) >= 11 is 1.77. The summed E-state index contributed by atoms with van der Waals surface area (Å²) in [4.78, 5) is 14.5. The fraction of sp³-hybridized carbons (Fsp3) is 0.467. The first-order chi connectivity index (χ1) is 10.6. The average molecular weight is 319 g/mol. The highest BCUT2D eigenvalue weighted by Crippen LogP contribution is 2.20. The number of rotatable bonds is 6. The number of amides is 1. The predicted octanol–water partition coefficient (Wildman–Crippen LogP) is 2.57. The van der Waals surface area contributed by atoms with Crippen LogP contribution in [0.25, 0.3) is 0 Å². The summed E-state index contributed by atoms with van der Waals surface area (Å²) in [5.41, 5.74) is 2.27. The quantitative estimate of drug-likeness (QED) is 0.819. The van der Waals surface area contributed by atoms with Gasteiger partial charge < -0.3 is 4.90 Å². The lowest BCUT2D eigenvalue weighted by Crippen LogP contribution is -2.31. The van der Waals surface area contributed by atoms with Crippen LogP contribution in [0.4, 0.5) is 5.69 Å². The van der Waals surface area contributed by atoms with Crippen molar-refractivity contribution in [3.8, 4) is 0 Å². The molecule has 1 amide bonds. The number of anilines is 1. The van der Waals surface area contributed by atoms with E-state index in [4.69, 9.17) is 0 Å². The van der Waals surface area contributed by atoms with Crippen molar-refractivity contribution in [1.82, 2.24) is 20.0 Å². The zero-order valence-corrected chi connectivity index (χ0v) is 14.2. The van der Waals surface area contributed by atoms with Crippen molar-refractivity contribution in [3.05, 3.63) is 35.9 Å². The van der Waals surface area contributed by atoms with Crippen LogP contribution in [0.2, 0.25) is 0 Å². The Morgan fingerprint density at radius 3 is 2.77 bits per heavy atom. The van der Waals surface area contributed by atoms with E-state index in [2.05, 4.69) is 28.5 Å². The molecule has 2 aromatic heterocycles. The molecule has 0 aliphatic heterocycles. The summed E-state index contributed by atoms with van der Waals surface area (Å²) in [7, 11) is 0. The molecule has 0 bridgehead atoms. The summed E-state index contributed by atoms with van der Waals surface area (Å²) in [5, 5.41) is 12.0. The van der Waals surface area contributed by atoms with Gasteiger partial charge in [0.15, 0.2) is 0 Å². The Balaban J connectivity index is 2.29. The largest absolute Gasteiger partial charge is 0.307 e. The van der Waals surface area contributed by atoms with Crippen molar-refractivity contribution in [1.29, 1.82) is 0 Å². The predicted molar refractivity (Wildman–Crippen MR) is 89.4 cm³/mol. The van der Waals surface area contributed by atoms with E-state index in [1.807, 2.05) is 18.5 Å². The molecule has 0 spiro atoms. The summed E-state index contributed by atoms with van der Waals surface area (Å²) in [5.74, 6) is 0.901.